The zero-order valence-electron chi connectivity index (χ0n) is 20.8. The second kappa shape index (κ2) is 10.7. The van der Waals surface area contributed by atoms with Crippen molar-refractivity contribution in [1.29, 1.82) is 0 Å². The van der Waals surface area contributed by atoms with Gasteiger partial charge in [-0.3, -0.25) is 28.2 Å². The third kappa shape index (κ3) is 4.88. The second-order valence-corrected chi connectivity index (χ2v) is 12.1. The molecule has 9 atom stereocenters. The number of aliphatic hydroxyl groups excluding tert-OH is 2. The molecule has 2 saturated heterocycles. The van der Waals surface area contributed by atoms with E-state index >= 15 is 8.78 Å². The zero-order chi connectivity index (χ0) is 29.9. The van der Waals surface area contributed by atoms with Gasteiger partial charge in [0.15, 0.2) is 47.1 Å². The number of hydrogen-bond acceptors (Lipinski definition) is 15. The van der Waals surface area contributed by atoms with Gasteiger partial charge in [-0.15, -0.1) is 5.10 Å². The van der Waals surface area contributed by atoms with Gasteiger partial charge in [0.25, 0.3) is 11.1 Å². The first kappa shape index (κ1) is 28.7. The number of aromatic nitrogens is 9. The number of fused-ring (bicyclic) bond motifs is 2. The Labute approximate surface area is 235 Å². The van der Waals surface area contributed by atoms with Crippen molar-refractivity contribution in [3.8, 4) is 0 Å². The molecule has 42 heavy (non-hydrogen) atoms. The van der Waals surface area contributed by atoms with Crippen molar-refractivity contribution in [3.63, 3.8) is 0 Å². The van der Waals surface area contributed by atoms with Gasteiger partial charge in [-0.05, 0) is 0 Å². The lowest BCUT2D eigenvalue weighted by Gasteiger charge is -2.25. The number of alkyl halides is 2. The number of nitrogens with two attached hydrogens (primary N) is 1. The lowest BCUT2D eigenvalue weighted by atomic mass is 10.1. The van der Waals surface area contributed by atoms with Crippen molar-refractivity contribution >= 4 is 47.3 Å². The maximum Gasteiger partial charge on any atom is 0.386 e. The molecule has 0 amide bonds. The Kier molecular flexibility index (Phi) is 7.33. The van der Waals surface area contributed by atoms with Gasteiger partial charge in [0, 0.05) is 0 Å². The van der Waals surface area contributed by atoms with Gasteiger partial charge < -0.3 is 30.4 Å². The molecule has 226 valence electrons. The Hall–Kier alpha value is -3.37. The van der Waals surface area contributed by atoms with Crippen LogP contribution in [0.1, 0.15) is 12.5 Å². The van der Waals surface area contributed by atoms with Crippen LogP contribution < -0.4 is 16.9 Å². The molecule has 0 aliphatic carbocycles. The summed E-state index contributed by atoms with van der Waals surface area (Å²) >= 11 is 3.88. The van der Waals surface area contributed by atoms with Crippen molar-refractivity contribution in [2.45, 2.75) is 49.2 Å². The van der Waals surface area contributed by atoms with Crippen molar-refractivity contribution in [2.75, 3.05) is 18.9 Å². The molecular formula is C19H21F2N10O9PS. The van der Waals surface area contributed by atoms with Crippen LogP contribution in [-0.2, 0) is 23.1 Å². The summed E-state index contributed by atoms with van der Waals surface area (Å²) in [6.45, 7) is -6.06. The van der Waals surface area contributed by atoms with Gasteiger partial charge in [0.05, 0.1) is 25.9 Å². The Morgan fingerprint density at radius 3 is 2.64 bits per heavy atom. The lowest BCUT2D eigenvalue weighted by molar-refractivity contribution is -0.0554. The summed E-state index contributed by atoms with van der Waals surface area (Å²) in [6.07, 6.45) is -11.6. The largest absolute Gasteiger partial charge is 0.394 e. The molecule has 4 aromatic heterocycles. The number of nitrogen functional groups attached to an aromatic ring is 1. The van der Waals surface area contributed by atoms with Crippen molar-refractivity contribution < 1.29 is 42.1 Å². The molecule has 2 unspecified atom stereocenters. The highest BCUT2D eigenvalue weighted by molar-refractivity contribution is 8.44. The number of aromatic amines is 2. The number of nitrogens with zero attached hydrogens (tertiary/aromatic N) is 7. The van der Waals surface area contributed by atoms with Crippen LogP contribution in [0.15, 0.2) is 22.2 Å². The number of halogens is 2. The van der Waals surface area contributed by atoms with Crippen LogP contribution in [0.5, 0.6) is 0 Å². The van der Waals surface area contributed by atoms with E-state index in [0.29, 0.717) is 0 Å². The van der Waals surface area contributed by atoms with Crippen LogP contribution in [0.3, 0.4) is 0 Å². The lowest BCUT2D eigenvalue weighted by Crippen LogP contribution is -2.33. The second-order valence-electron chi connectivity index (χ2n) is 9.24. The SMILES string of the molecule is Nc1nc2c(ncn2[C@@H]2O[C@H](CO)[C@H](F)[C@H]2OP(=O)(S)OC[C@H]2OC(n3nnc4c(=O)[nH]cnc43)[C@@H](F)[C@@H]2O)c(=O)[nH]1. The minimum atomic E-state index is -4.52. The predicted molar refractivity (Wildman–Crippen MR) is 137 cm³/mol. The topological polar surface area (TPSA) is 260 Å². The third-order valence-electron chi connectivity index (χ3n) is 6.63. The van der Waals surface area contributed by atoms with Crippen LogP contribution in [0, 0.1) is 0 Å². The van der Waals surface area contributed by atoms with Crippen LogP contribution in [0.25, 0.3) is 22.3 Å². The zero-order valence-corrected chi connectivity index (χ0v) is 22.6. The van der Waals surface area contributed by atoms with Gasteiger partial charge in [-0.1, -0.05) is 17.5 Å². The molecule has 19 nitrogen and oxygen atoms in total. The number of thiol groups is 1. The maximum atomic E-state index is 15.3. The highest BCUT2D eigenvalue weighted by Crippen LogP contribution is 2.57. The standard InChI is InChI=1S/C19H21F2N10O9PS/c20-7-5(1-32)38-18(30-4-25-9-14(30)26-19(22)27-16(9)35)12(7)40-41(36,42)37-2-6-11(33)8(21)17(39-6)31-13-10(28-29-31)15(34)24-3-23-13/h3-8,11-12,17-18,32-33H,1-2H2,(H,36,42)(H,23,24,34)(H3,22,26,27,35)/t5-,6-,7+,8+,11-,12-,17?,18-,41?/m1/s1. The molecular weight excluding hydrogens is 613 g/mol. The highest BCUT2D eigenvalue weighted by Gasteiger charge is 2.51. The molecule has 23 heteroatoms. The van der Waals surface area contributed by atoms with Gasteiger partial charge in [0.1, 0.15) is 24.4 Å². The summed E-state index contributed by atoms with van der Waals surface area (Å²) in [5.74, 6) is -0.274. The molecule has 4 aromatic rings. The quantitative estimate of drug-likeness (QED) is 0.0951. The van der Waals surface area contributed by atoms with Gasteiger partial charge in [0.2, 0.25) is 5.95 Å². The van der Waals surface area contributed by atoms with Crippen molar-refractivity contribution in [3.05, 3.63) is 33.4 Å². The minimum Gasteiger partial charge on any atom is -0.394 e. The molecule has 6 heterocycles. The van der Waals surface area contributed by atoms with Crippen LogP contribution in [-0.4, -0.2) is 105 Å². The summed E-state index contributed by atoms with van der Waals surface area (Å²) in [4.78, 5) is 40.4. The van der Waals surface area contributed by atoms with E-state index in [1.807, 2.05) is 0 Å². The average molecular weight is 634 g/mol. The fourth-order valence-electron chi connectivity index (χ4n) is 4.65. The Bertz CT molecular complexity index is 1800. The summed E-state index contributed by atoms with van der Waals surface area (Å²) < 4.78 is 67.0. The molecule has 2 fully saturated rings. The molecule has 6 N–H and O–H groups in total. The predicted octanol–water partition coefficient (Wildman–Crippen LogP) is -1.51. The summed E-state index contributed by atoms with van der Waals surface area (Å²) in [5.41, 5.74) is 3.69. The number of H-pyrrole nitrogens is 2. The fourth-order valence-corrected chi connectivity index (χ4v) is 6.10. The Morgan fingerprint density at radius 1 is 1.12 bits per heavy atom. The third-order valence-corrected chi connectivity index (χ3v) is 8.24. The molecule has 0 bridgehead atoms. The summed E-state index contributed by atoms with van der Waals surface area (Å²) in [5, 5.41) is 27.3. The van der Waals surface area contributed by atoms with E-state index in [0.717, 1.165) is 21.9 Å². The fraction of sp³-hybridized carbons (Fsp3) is 0.526. The first-order chi connectivity index (χ1) is 20.0. The molecule has 0 saturated carbocycles. The van der Waals surface area contributed by atoms with E-state index in [2.05, 4.69) is 47.5 Å². The van der Waals surface area contributed by atoms with E-state index in [4.69, 9.17) is 24.3 Å². The molecule has 2 aliphatic rings. The van der Waals surface area contributed by atoms with Gasteiger partial charge in [-0.25, -0.2) is 23.3 Å². The number of hydrogen-bond donors (Lipinski definition) is 6. The number of anilines is 1. The first-order valence-corrected chi connectivity index (χ1v) is 14.7. The van der Waals surface area contributed by atoms with Crippen LogP contribution in [0.4, 0.5) is 14.7 Å². The number of rotatable bonds is 8. The van der Waals surface area contributed by atoms with Gasteiger partial charge >= 0.3 is 6.80 Å². The normalized spacial score (nSPS) is 31.3. The first-order valence-electron chi connectivity index (χ1n) is 12.0. The number of imidazole rings is 1. The Morgan fingerprint density at radius 2 is 1.88 bits per heavy atom. The smallest absolute Gasteiger partial charge is 0.386 e. The number of ether oxygens (including phenoxy) is 2. The van der Waals surface area contributed by atoms with E-state index in [-0.39, 0.29) is 28.3 Å². The van der Waals surface area contributed by atoms with Crippen molar-refractivity contribution in [2.24, 2.45) is 0 Å². The van der Waals surface area contributed by atoms with Crippen molar-refractivity contribution in [1.82, 2.24) is 44.5 Å². The molecule has 0 spiro atoms. The molecule has 0 aromatic carbocycles. The van der Waals surface area contributed by atoms with E-state index < -0.39 is 80.3 Å². The summed E-state index contributed by atoms with van der Waals surface area (Å²) in [6, 6.07) is 0. The minimum absolute atomic E-state index is 0.116. The van der Waals surface area contributed by atoms with E-state index in [9.17, 15) is 24.4 Å². The molecule has 6 rings (SSSR count). The Balaban J connectivity index is 1.19. The number of aliphatic hydroxyl groups is 2. The molecule has 2 aliphatic heterocycles. The van der Waals surface area contributed by atoms with E-state index in [1.165, 1.54) is 0 Å². The van der Waals surface area contributed by atoms with Crippen LogP contribution in [0.2, 0.25) is 0 Å². The van der Waals surface area contributed by atoms with Crippen LogP contribution >= 0.6 is 19.0 Å². The monoisotopic (exact) mass is 634 g/mol. The summed E-state index contributed by atoms with van der Waals surface area (Å²) in [7, 11) is 0. The highest BCUT2D eigenvalue weighted by atomic mass is 32.7. The maximum absolute atomic E-state index is 15.3. The number of nitrogens with one attached hydrogen (secondary N) is 2. The average Bonchev–Trinajstić information content (AvgIpc) is 3.69. The van der Waals surface area contributed by atoms with E-state index in [1.54, 1.807) is 0 Å². The van der Waals surface area contributed by atoms with Gasteiger partial charge in [-0.2, -0.15) is 9.67 Å². The molecule has 0 radical (unpaired) electrons.